The molecule has 1 saturated heterocycles. The Labute approximate surface area is 253 Å². The van der Waals surface area contributed by atoms with Gasteiger partial charge in [-0.1, -0.05) is 73.7 Å². The van der Waals surface area contributed by atoms with Gasteiger partial charge in [-0.25, -0.2) is 0 Å². The molecule has 43 heavy (non-hydrogen) atoms. The second-order valence-electron chi connectivity index (χ2n) is 11.3. The summed E-state index contributed by atoms with van der Waals surface area (Å²) in [6.07, 6.45) is -1.66. The summed E-state index contributed by atoms with van der Waals surface area (Å²) in [4.78, 5) is 25.3. The molecule has 1 heterocycles. The largest absolute Gasteiger partial charge is 0.481 e. The van der Waals surface area contributed by atoms with Crippen molar-refractivity contribution in [2.24, 2.45) is 5.92 Å². The molecule has 4 N–H and O–H groups in total. The Hall–Kier alpha value is -3.60. The lowest BCUT2D eigenvalue weighted by Crippen LogP contribution is -2.46. The minimum absolute atomic E-state index is 0.0446. The lowest BCUT2D eigenvalue weighted by atomic mass is 9.89. The van der Waals surface area contributed by atoms with Gasteiger partial charge in [-0.15, -0.1) is 0 Å². The number of aliphatic hydroxyl groups excluding tert-OH is 2. The maximum absolute atomic E-state index is 12.4. The first-order valence-corrected chi connectivity index (χ1v) is 14.7. The Morgan fingerprint density at radius 3 is 2.35 bits per heavy atom. The molecule has 4 rings (SSSR count). The smallest absolute Gasteiger partial charge is 0.303 e. The van der Waals surface area contributed by atoms with E-state index < -0.39 is 18.4 Å². The molecule has 0 bridgehead atoms. The van der Waals surface area contributed by atoms with Crippen LogP contribution in [0.1, 0.15) is 73.9 Å². The van der Waals surface area contributed by atoms with Gasteiger partial charge in [0.2, 0.25) is 5.91 Å². The van der Waals surface area contributed by atoms with Gasteiger partial charge in [0.25, 0.3) is 0 Å². The molecule has 1 fully saturated rings. The van der Waals surface area contributed by atoms with E-state index in [1.165, 1.54) is 0 Å². The molecular weight excluding hydrogens is 548 g/mol. The number of amides is 1. The SMILES string of the molecule is C[C@@H]1[C@H](CN(C)[C@H](C)[C@@H](O)c2ccccc2)O[C@H](c2cccc(NC(=O)CCCC(=O)O)c2)O[C@@H]1c1ccc(CO)cc1. The summed E-state index contributed by atoms with van der Waals surface area (Å²) in [5.74, 6) is -1.23. The molecule has 0 radical (unpaired) electrons. The molecule has 6 atom stereocenters. The third-order valence-corrected chi connectivity index (χ3v) is 8.12. The molecule has 3 aromatic carbocycles. The number of hydrogen-bond donors (Lipinski definition) is 4. The van der Waals surface area contributed by atoms with Gasteiger partial charge in [0, 0.05) is 42.6 Å². The normalized spacial score (nSPS) is 21.7. The fourth-order valence-electron chi connectivity index (χ4n) is 5.33. The Balaban J connectivity index is 1.54. The zero-order valence-corrected chi connectivity index (χ0v) is 24.9. The molecular formula is C34H42N2O7. The average Bonchev–Trinajstić information content (AvgIpc) is 3.01. The molecule has 230 valence electrons. The summed E-state index contributed by atoms with van der Waals surface area (Å²) in [5.41, 5.74) is 3.93. The van der Waals surface area contributed by atoms with Crippen LogP contribution in [0.15, 0.2) is 78.9 Å². The van der Waals surface area contributed by atoms with Crippen molar-refractivity contribution in [3.63, 3.8) is 0 Å². The lowest BCUT2D eigenvalue weighted by molar-refractivity contribution is -0.276. The number of carboxylic acid groups (broad SMARTS) is 1. The van der Waals surface area contributed by atoms with Gasteiger partial charge in [-0.05, 0) is 49.2 Å². The molecule has 0 saturated carbocycles. The van der Waals surface area contributed by atoms with Gasteiger partial charge in [-0.3, -0.25) is 14.5 Å². The van der Waals surface area contributed by atoms with Gasteiger partial charge in [-0.2, -0.15) is 0 Å². The first-order chi connectivity index (χ1) is 20.7. The summed E-state index contributed by atoms with van der Waals surface area (Å²) in [6, 6.07) is 24.4. The van der Waals surface area contributed by atoms with E-state index in [0.29, 0.717) is 12.2 Å². The minimum Gasteiger partial charge on any atom is -0.481 e. The highest BCUT2D eigenvalue weighted by Gasteiger charge is 2.39. The highest BCUT2D eigenvalue weighted by molar-refractivity contribution is 5.90. The Bertz CT molecular complexity index is 1330. The molecule has 3 aromatic rings. The van der Waals surface area contributed by atoms with Crippen molar-refractivity contribution < 1.29 is 34.4 Å². The van der Waals surface area contributed by atoms with Crippen molar-refractivity contribution in [1.82, 2.24) is 4.90 Å². The number of anilines is 1. The maximum Gasteiger partial charge on any atom is 0.303 e. The Kier molecular flexibility index (Phi) is 11.4. The molecule has 0 spiro atoms. The van der Waals surface area contributed by atoms with Crippen LogP contribution >= 0.6 is 0 Å². The van der Waals surface area contributed by atoms with Gasteiger partial charge >= 0.3 is 5.97 Å². The van der Waals surface area contributed by atoms with Crippen molar-refractivity contribution in [2.75, 3.05) is 18.9 Å². The number of ether oxygens (including phenoxy) is 2. The second-order valence-corrected chi connectivity index (χ2v) is 11.3. The summed E-state index contributed by atoms with van der Waals surface area (Å²) >= 11 is 0. The number of rotatable bonds is 13. The van der Waals surface area contributed by atoms with Crippen LogP contribution in [0, 0.1) is 5.92 Å². The van der Waals surface area contributed by atoms with Gasteiger partial charge in [0.1, 0.15) is 0 Å². The molecule has 9 nitrogen and oxygen atoms in total. The monoisotopic (exact) mass is 590 g/mol. The highest BCUT2D eigenvalue weighted by atomic mass is 16.7. The van der Waals surface area contributed by atoms with Crippen molar-refractivity contribution in [3.8, 4) is 0 Å². The second kappa shape index (κ2) is 15.2. The molecule has 1 amide bonds. The zero-order chi connectivity index (χ0) is 30.9. The minimum atomic E-state index is -0.930. The van der Waals surface area contributed by atoms with Crippen LogP contribution in [0.2, 0.25) is 0 Å². The number of carbonyl (C=O) groups is 2. The van der Waals surface area contributed by atoms with Crippen molar-refractivity contribution in [1.29, 1.82) is 0 Å². The summed E-state index contributed by atoms with van der Waals surface area (Å²) in [6.45, 7) is 4.58. The van der Waals surface area contributed by atoms with Gasteiger partial charge in [0.05, 0.1) is 24.9 Å². The highest BCUT2D eigenvalue weighted by Crippen LogP contribution is 2.42. The third-order valence-electron chi connectivity index (χ3n) is 8.12. The predicted molar refractivity (Wildman–Crippen MR) is 163 cm³/mol. The first kappa shape index (κ1) is 32.3. The molecule has 0 unspecified atom stereocenters. The Morgan fingerprint density at radius 2 is 1.67 bits per heavy atom. The van der Waals surface area contributed by atoms with E-state index in [0.717, 1.165) is 22.3 Å². The number of carbonyl (C=O) groups excluding carboxylic acids is 1. The van der Waals surface area contributed by atoms with Crippen LogP contribution in [0.25, 0.3) is 0 Å². The number of nitrogens with one attached hydrogen (secondary N) is 1. The molecule has 9 heteroatoms. The number of likely N-dealkylation sites (N-methyl/N-ethyl adjacent to an activating group) is 1. The first-order valence-electron chi connectivity index (χ1n) is 14.7. The van der Waals surface area contributed by atoms with Gasteiger partial charge in [0.15, 0.2) is 6.29 Å². The van der Waals surface area contributed by atoms with E-state index in [9.17, 15) is 19.8 Å². The van der Waals surface area contributed by atoms with E-state index in [1.807, 2.05) is 86.8 Å². The summed E-state index contributed by atoms with van der Waals surface area (Å²) in [5, 5.41) is 32.3. The quantitative estimate of drug-likeness (QED) is 0.213. The van der Waals surface area contributed by atoms with Crippen LogP contribution < -0.4 is 5.32 Å². The van der Waals surface area contributed by atoms with Crippen LogP contribution in [-0.2, 0) is 25.7 Å². The van der Waals surface area contributed by atoms with E-state index in [2.05, 4.69) is 17.1 Å². The third kappa shape index (κ3) is 8.72. The van der Waals surface area contributed by atoms with Crippen LogP contribution in [-0.4, -0.2) is 57.8 Å². The van der Waals surface area contributed by atoms with Crippen LogP contribution in [0.5, 0.6) is 0 Å². The van der Waals surface area contributed by atoms with E-state index in [-0.39, 0.29) is 55.9 Å². The number of nitrogens with zero attached hydrogens (tertiary/aromatic N) is 1. The topological polar surface area (TPSA) is 129 Å². The van der Waals surface area contributed by atoms with E-state index in [1.54, 1.807) is 6.07 Å². The molecule has 1 aliphatic heterocycles. The van der Waals surface area contributed by atoms with E-state index in [4.69, 9.17) is 14.6 Å². The van der Waals surface area contributed by atoms with Crippen molar-refractivity contribution in [2.45, 2.75) is 70.4 Å². The molecule has 1 aliphatic rings. The fraction of sp³-hybridized carbons (Fsp3) is 0.412. The number of hydrogen-bond acceptors (Lipinski definition) is 7. The number of aliphatic carboxylic acids is 1. The lowest BCUT2D eigenvalue weighted by Gasteiger charge is -2.43. The zero-order valence-electron chi connectivity index (χ0n) is 24.9. The number of aliphatic hydroxyl groups is 2. The summed E-state index contributed by atoms with van der Waals surface area (Å²) in [7, 11) is 1.98. The fourth-order valence-corrected chi connectivity index (χ4v) is 5.33. The number of carboxylic acids is 1. The standard InChI is InChI=1S/C34H42N2O7/c1-22-29(20-36(3)23(2)32(41)25-9-5-4-6-10-25)42-34(43-33(22)26-17-15-24(21-37)16-18-26)27-11-7-12-28(19-27)35-30(38)13-8-14-31(39)40/h4-7,9-12,15-19,22-23,29,32-34,37,41H,8,13-14,20-21H2,1-3H3,(H,35,38)(H,39,40)/t22-,23-,29+,32-,33+,34+/m1/s1. The maximum atomic E-state index is 12.4. The summed E-state index contributed by atoms with van der Waals surface area (Å²) < 4.78 is 13.1. The Morgan fingerprint density at radius 1 is 0.953 bits per heavy atom. The van der Waals surface area contributed by atoms with E-state index >= 15 is 0 Å². The predicted octanol–water partition coefficient (Wildman–Crippen LogP) is 5.22. The van der Waals surface area contributed by atoms with Crippen molar-refractivity contribution >= 4 is 17.6 Å². The molecule has 0 aliphatic carbocycles. The van der Waals surface area contributed by atoms with Crippen LogP contribution in [0.3, 0.4) is 0 Å². The van der Waals surface area contributed by atoms with Gasteiger partial charge < -0.3 is 30.1 Å². The van der Waals surface area contributed by atoms with Crippen molar-refractivity contribution in [3.05, 3.63) is 101 Å². The average molecular weight is 591 g/mol. The number of benzene rings is 3. The molecule has 0 aromatic heterocycles. The van der Waals surface area contributed by atoms with Crippen LogP contribution in [0.4, 0.5) is 5.69 Å².